The number of carbonyl (C=O) groups excluding carboxylic acids is 1. The zero-order valence-electron chi connectivity index (χ0n) is 14.6. The maximum Gasteiger partial charge on any atom is 0.255 e. The lowest BCUT2D eigenvalue weighted by Crippen LogP contribution is -2.50. The van der Waals surface area contributed by atoms with Gasteiger partial charge in [0.15, 0.2) is 23.1 Å². The minimum atomic E-state index is -0.876. The summed E-state index contributed by atoms with van der Waals surface area (Å²) in [6, 6.07) is 8.86. The maximum absolute atomic E-state index is 13.7. The van der Waals surface area contributed by atoms with Crippen LogP contribution in [-0.2, 0) is 0 Å². The minimum Gasteiger partial charge on any atom is -0.486 e. The van der Waals surface area contributed by atoms with Crippen molar-refractivity contribution in [3.63, 3.8) is 0 Å². The van der Waals surface area contributed by atoms with Gasteiger partial charge >= 0.3 is 0 Å². The molecule has 142 valence electrons. The average Bonchev–Trinajstić information content (AvgIpc) is 2.70. The molecule has 0 radical (unpaired) electrons. The third kappa shape index (κ3) is 3.60. The van der Waals surface area contributed by atoms with Crippen LogP contribution in [0, 0.1) is 11.6 Å². The Kier molecular flexibility index (Phi) is 4.94. The van der Waals surface area contributed by atoms with Gasteiger partial charge in [0.2, 0.25) is 0 Å². The number of amides is 1. The first-order chi connectivity index (χ1) is 13.1. The van der Waals surface area contributed by atoms with Crippen LogP contribution in [0.15, 0.2) is 36.4 Å². The molecule has 2 atom stereocenters. The van der Waals surface area contributed by atoms with Crippen LogP contribution in [0.5, 0.6) is 11.5 Å². The number of nitrogens with one attached hydrogen (secondary N) is 2. The summed E-state index contributed by atoms with van der Waals surface area (Å²) in [5.41, 5.74) is 1.08. The molecule has 2 unspecified atom stereocenters. The molecule has 4 rings (SSSR count). The summed E-state index contributed by atoms with van der Waals surface area (Å²) in [6.45, 7) is 2.12. The van der Waals surface area contributed by atoms with Crippen molar-refractivity contribution in [2.45, 2.75) is 18.4 Å². The number of benzene rings is 2. The third-order valence-corrected chi connectivity index (χ3v) is 4.98. The van der Waals surface area contributed by atoms with Gasteiger partial charge in [-0.05, 0) is 42.8 Å². The van der Waals surface area contributed by atoms with Crippen LogP contribution in [0.25, 0.3) is 0 Å². The van der Waals surface area contributed by atoms with E-state index in [2.05, 4.69) is 10.6 Å². The molecule has 0 aliphatic carbocycles. The predicted molar refractivity (Wildman–Crippen MR) is 95.3 cm³/mol. The van der Waals surface area contributed by atoms with E-state index in [1.807, 2.05) is 0 Å². The highest BCUT2D eigenvalue weighted by Crippen LogP contribution is 2.34. The van der Waals surface area contributed by atoms with Crippen molar-refractivity contribution in [2.24, 2.45) is 0 Å². The number of hydrogen-bond donors (Lipinski definition) is 2. The van der Waals surface area contributed by atoms with Gasteiger partial charge in [-0.2, -0.15) is 0 Å². The van der Waals surface area contributed by atoms with Crippen molar-refractivity contribution >= 4 is 5.91 Å². The van der Waals surface area contributed by atoms with Gasteiger partial charge < -0.3 is 20.1 Å². The number of piperidine rings is 1. The largest absolute Gasteiger partial charge is 0.486 e. The molecule has 0 spiro atoms. The van der Waals surface area contributed by atoms with Crippen LogP contribution in [-0.4, -0.2) is 38.3 Å². The fourth-order valence-electron chi connectivity index (χ4n) is 3.65. The number of hydrogen-bond acceptors (Lipinski definition) is 4. The number of halogens is 2. The average molecular weight is 374 g/mol. The van der Waals surface area contributed by atoms with Crippen molar-refractivity contribution in [3.05, 3.63) is 59.2 Å². The molecule has 5 nitrogen and oxygen atoms in total. The van der Waals surface area contributed by atoms with Crippen LogP contribution in [0.4, 0.5) is 8.78 Å². The molecule has 2 aromatic carbocycles. The zero-order valence-corrected chi connectivity index (χ0v) is 14.6. The Morgan fingerprint density at radius 1 is 1.11 bits per heavy atom. The fraction of sp³-hybridized carbons (Fsp3) is 0.350. The fourth-order valence-corrected chi connectivity index (χ4v) is 3.65. The monoisotopic (exact) mass is 374 g/mol. The number of rotatable bonds is 3. The lowest BCUT2D eigenvalue weighted by atomic mass is 9.85. The lowest BCUT2D eigenvalue weighted by molar-refractivity contribution is 0.0913. The van der Waals surface area contributed by atoms with Crippen LogP contribution in [0.3, 0.4) is 0 Å². The summed E-state index contributed by atoms with van der Waals surface area (Å²) < 4.78 is 38.1. The van der Waals surface area contributed by atoms with Gasteiger partial charge in [0, 0.05) is 18.5 Å². The van der Waals surface area contributed by atoms with Crippen molar-refractivity contribution in [3.8, 4) is 11.5 Å². The summed E-state index contributed by atoms with van der Waals surface area (Å²) in [6.07, 6.45) is 0.711. The van der Waals surface area contributed by atoms with E-state index in [4.69, 9.17) is 9.47 Å². The molecule has 1 amide bonds. The van der Waals surface area contributed by atoms with Gasteiger partial charge in [0.05, 0.1) is 5.56 Å². The van der Waals surface area contributed by atoms with E-state index in [0.29, 0.717) is 48.8 Å². The van der Waals surface area contributed by atoms with Gasteiger partial charge in [-0.25, -0.2) is 8.78 Å². The second-order valence-corrected chi connectivity index (χ2v) is 6.68. The molecule has 7 heteroatoms. The first kappa shape index (κ1) is 17.7. The van der Waals surface area contributed by atoms with Crippen molar-refractivity contribution < 1.29 is 23.0 Å². The molecule has 1 fully saturated rings. The molecule has 2 N–H and O–H groups in total. The summed E-state index contributed by atoms with van der Waals surface area (Å²) >= 11 is 0. The molecule has 27 heavy (non-hydrogen) atoms. The zero-order chi connectivity index (χ0) is 18.8. The van der Waals surface area contributed by atoms with Crippen LogP contribution < -0.4 is 20.1 Å². The molecule has 2 aliphatic rings. The Labute approximate surface area is 155 Å². The third-order valence-electron chi connectivity index (χ3n) is 4.98. The van der Waals surface area contributed by atoms with Crippen molar-refractivity contribution in [1.29, 1.82) is 0 Å². The Hall–Kier alpha value is -2.67. The first-order valence-corrected chi connectivity index (χ1v) is 8.98. The molecular weight excluding hydrogens is 354 g/mol. The number of ether oxygens (including phenoxy) is 2. The van der Waals surface area contributed by atoms with Gasteiger partial charge in [0.1, 0.15) is 13.2 Å². The van der Waals surface area contributed by atoms with Crippen molar-refractivity contribution in [2.75, 3.05) is 26.3 Å². The van der Waals surface area contributed by atoms with Gasteiger partial charge in [-0.3, -0.25) is 4.79 Å². The number of fused-ring (bicyclic) bond motifs is 1. The molecule has 0 saturated carbocycles. The second-order valence-electron chi connectivity index (χ2n) is 6.68. The van der Waals surface area contributed by atoms with Gasteiger partial charge in [-0.1, -0.05) is 12.1 Å². The summed E-state index contributed by atoms with van der Waals surface area (Å²) in [5, 5.41) is 6.26. The first-order valence-electron chi connectivity index (χ1n) is 8.98. The Bertz CT molecular complexity index is 859. The topological polar surface area (TPSA) is 59.6 Å². The quantitative estimate of drug-likeness (QED) is 0.867. The van der Waals surface area contributed by atoms with Crippen LogP contribution in [0.1, 0.15) is 28.3 Å². The highest BCUT2D eigenvalue weighted by atomic mass is 19.2. The van der Waals surface area contributed by atoms with E-state index >= 15 is 0 Å². The maximum atomic E-state index is 13.7. The Balaban J connectivity index is 1.56. The van der Waals surface area contributed by atoms with E-state index in [1.165, 1.54) is 6.07 Å². The molecule has 2 aromatic rings. The molecular formula is C20H20F2N2O3. The molecule has 1 saturated heterocycles. The second kappa shape index (κ2) is 7.52. The highest BCUT2D eigenvalue weighted by molar-refractivity contribution is 5.98. The smallest absolute Gasteiger partial charge is 0.255 e. The highest BCUT2D eigenvalue weighted by Gasteiger charge is 2.30. The SMILES string of the molecule is O=C(NC1CNCCC1c1ccc(F)c(F)c1)c1cccc2c1OCCO2. The van der Waals surface area contributed by atoms with E-state index in [1.54, 1.807) is 24.3 Å². The molecule has 0 bridgehead atoms. The van der Waals surface area contributed by atoms with E-state index in [-0.39, 0.29) is 17.9 Å². The standard InChI is InChI=1S/C20H20F2N2O3/c21-15-5-4-12(10-16(15)22)13-6-7-23-11-17(13)24-20(25)14-2-1-3-18-19(14)27-9-8-26-18/h1-5,10,13,17,23H,6-9,11H2,(H,24,25). The van der Waals surface area contributed by atoms with E-state index < -0.39 is 11.6 Å². The lowest BCUT2D eigenvalue weighted by Gasteiger charge is -2.33. The van der Waals surface area contributed by atoms with Crippen LogP contribution >= 0.6 is 0 Å². The molecule has 0 aromatic heterocycles. The van der Waals surface area contributed by atoms with Gasteiger partial charge in [-0.15, -0.1) is 0 Å². The Morgan fingerprint density at radius 3 is 2.81 bits per heavy atom. The van der Waals surface area contributed by atoms with Gasteiger partial charge in [0.25, 0.3) is 5.91 Å². The Morgan fingerprint density at radius 2 is 1.96 bits per heavy atom. The normalized spacial score (nSPS) is 21.6. The summed E-state index contributed by atoms with van der Waals surface area (Å²) in [4.78, 5) is 12.9. The molecule has 2 aliphatic heterocycles. The van der Waals surface area contributed by atoms with E-state index in [9.17, 15) is 13.6 Å². The summed E-state index contributed by atoms with van der Waals surface area (Å²) in [7, 11) is 0. The number of carbonyl (C=O) groups is 1. The predicted octanol–water partition coefficient (Wildman–Crippen LogP) is 2.61. The minimum absolute atomic E-state index is 0.109. The molecule has 2 heterocycles. The number of para-hydroxylation sites is 1. The van der Waals surface area contributed by atoms with Crippen molar-refractivity contribution in [1.82, 2.24) is 10.6 Å². The van der Waals surface area contributed by atoms with E-state index in [0.717, 1.165) is 12.6 Å². The summed E-state index contributed by atoms with van der Waals surface area (Å²) in [5.74, 6) is -1.15. The van der Waals surface area contributed by atoms with Crippen LogP contribution in [0.2, 0.25) is 0 Å².